The number of piperidine rings is 1. The Hall–Kier alpha value is -2.56. The number of nitrogens with zero attached hydrogens (tertiary/aromatic N) is 2. The third-order valence-corrected chi connectivity index (χ3v) is 4.28. The first-order valence-electron chi connectivity index (χ1n) is 8.85. The summed E-state index contributed by atoms with van der Waals surface area (Å²) in [6, 6.07) is 9.26. The van der Waals surface area contributed by atoms with Crippen LogP contribution >= 0.6 is 0 Å². The summed E-state index contributed by atoms with van der Waals surface area (Å²) in [5.74, 6) is 1.33. The van der Waals surface area contributed by atoms with Gasteiger partial charge in [-0.25, -0.2) is 0 Å². The van der Waals surface area contributed by atoms with Crippen LogP contribution in [0.5, 0.6) is 11.5 Å². The maximum Gasteiger partial charge on any atom is 0.253 e. The zero-order chi connectivity index (χ0) is 17.5. The highest BCUT2D eigenvalue weighted by Gasteiger charge is 2.19. The molecule has 1 aromatic carbocycles. The number of rotatable bonds is 6. The fourth-order valence-corrected chi connectivity index (χ4v) is 2.95. The Balaban J connectivity index is 1.74. The van der Waals surface area contributed by atoms with Crippen LogP contribution in [0.1, 0.15) is 42.1 Å². The van der Waals surface area contributed by atoms with Crippen LogP contribution in [0, 0.1) is 0 Å². The number of hydrogen-bond acceptors (Lipinski definition) is 4. The molecule has 0 unspecified atom stereocenters. The summed E-state index contributed by atoms with van der Waals surface area (Å²) in [4.78, 5) is 18.6. The van der Waals surface area contributed by atoms with Gasteiger partial charge in [0.25, 0.3) is 5.91 Å². The van der Waals surface area contributed by atoms with E-state index in [-0.39, 0.29) is 5.91 Å². The molecule has 0 atom stereocenters. The molecular formula is C20H24N2O3. The van der Waals surface area contributed by atoms with E-state index in [1.807, 2.05) is 36.1 Å². The second-order valence-corrected chi connectivity index (χ2v) is 6.09. The van der Waals surface area contributed by atoms with E-state index in [9.17, 15) is 4.79 Å². The molecule has 0 N–H and O–H groups in total. The molecule has 1 aliphatic rings. The van der Waals surface area contributed by atoms with Crippen LogP contribution in [-0.2, 0) is 6.61 Å². The van der Waals surface area contributed by atoms with Gasteiger partial charge in [-0.2, -0.15) is 0 Å². The Bertz CT molecular complexity index is 697. The average Bonchev–Trinajstić information content (AvgIpc) is 2.68. The molecule has 1 fully saturated rings. The summed E-state index contributed by atoms with van der Waals surface area (Å²) in [7, 11) is 0. The first-order valence-corrected chi connectivity index (χ1v) is 8.85. The predicted molar refractivity (Wildman–Crippen MR) is 95.9 cm³/mol. The van der Waals surface area contributed by atoms with Crippen LogP contribution in [0.15, 0.2) is 42.7 Å². The normalized spacial score (nSPS) is 14.2. The average molecular weight is 340 g/mol. The molecule has 2 aromatic rings. The Morgan fingerprint density at radius 2 is 1.80 bits per heavy atom. The van der Waals surface area contributed by atoms with Gasteiger partial charge < -0.3 is 14.4 Å². The fourth-order valence-electron chi connectivity index (χ4n) is 2.95. The minimum Gasteiger partial charge on any atom is -0.490 e. The summed E-state index contributed by atoms with van der Waals surface area (Å²) in [6.45, 7) is 4.55. The molecule has 0 aliphatic carbocycles. The van der Waals surface area contributed by atoms with Crippen molar-refractivity contribution in [2.24, 2.45) is 0 Å². The number of hydrogen-bond donors (Lipinski definition) is 0. The van der Waals surface area contributed by atoms with E-state index in [0.29, 0.717) is 30.3 Å². The van der Waals surface area contributed by atoms with Gasteiger partial charge in [0, 0.05) is 31.0 Å². The van der Waals surface area contributed by atoms with E-state index in [2.05, 4.69) is 4.98 Å². The Morgan fingerprint density at radius 1 is 1.04 bits per heavy atom. The number of carbonyl (C=O) groups is 1. The molecule has 5 nitrogen and oxygen atoms in total. The van der Waals surface area contributed by atoms with Crippen LogP contribution in [0.2, 0.25) is 0 Å². The largest absolute Gasteiger partial charge is 0.490 e. The molecule has 0 radical (unpaired) electrons. The zero-order valence-corrected chi connectivity index (χ0v) is 14.6. The van der Waals surface area contributed by atoms with E-state index < -0.39 is 0 Å². The number of carbonyl (C=O) groups excluding carboxylic acids is 1. The lowest BCUT2D eigenvalue weighted by atomic mass is 10.1. The maximum absolute atomic E-state index is 12.7. The summed E-state index contributed by atoms with van der Waals surface area (Å²) in [6.07, 6.45) is 6.84. The first-order chi connectivity index (χ1) is 12.3. The number of ether oxygens (including phenoxy) is 2. The van der Waals surface area contributed by atoms with Gasteiger partial charge in [0.05, 0.1) is 6.61 Å². The molecule has 1 aliphatic heterocycles. The van der Waals surface area contributed by atoms with Crippen LogP contribution in [0.25, 0.3) is 0 Å². The van der Waals surface area contributed by atoms with E-state index in [1.54, 1.807) is 18.5 Å². The minimum absolute atomic E-state index is 0.0707. The molecule has 1 saturated heterocycles. The number of likely N-dealkylation sites (tertiary alicyclic amines) is 1. The van der Waals surface area contributed by atoms with Crippen molar-refractivity contribution in [3.8, 4) is 11.5 Å². The lowest BCUT2D eigenvalue weighted by Crippen LogP contribution is -2.35. The number of aromatic nitrogens is 1. The van der Waals surface area contributed by atoms with Crippen molar-refractivity contribution in [2.75, 3.05) is 19.7 Å². The van der Waals surface area contributed by atoms with Crippen molar-refractivity contribution in [2.45, 2.75) is 32.8 Å². The van der Waals surface area contributed by atoms with E-state index >= 15 is 0 Å². The topological polar surface area (TPSA) is 51.7 Å². The van der Waals surface area contributed by atoms with Crippen molar-refractivity contribution >= 4 is 5.91 Å². The summed E-state index contributed by atoms with van der Waals surface area (Å²) in [5.41, 5.74) is 1.69. The van der Waals surface area contributed by atoms with Gasteiger partial charge in [0.2, 0.25) is 0 Å². The standard InChI is InChI=1S/C20H24N2O3/c1-2-24-19-14-17(20(23)22-12-4-3-5-13-22)6-7-18(19)25-15-16-8-10-21-11-9-16/h6-11,14H,2-5,12-13,15H2,1H3. The van der Waals surface area contributed by atoms with Gasteiger partial charge in [-0.15, -0.1) is 0 Å². The quantitative estimate of drug-likeness (QED) is 0.805. The SMILES string of the molecule is CCOc1cc(C(=O)N2CCCCC2)ccc1OCc1ccncc1. The third kappa shape index (κ3) is 4.50. The van der Waals surface area contributed by atoms with Crippen molar-refractivity contribution in [3.63, 3.8) is 0 Å². The van der Waals surface area contributed by atoms with Gasteiger partial charge in [-0.3, -0.25) is 9.78 Å². The van der Waals surface area contributed by atoms with E-state index in [4.69, 9.17) is 9.47 Å². The smallest absolute Gasteiger partial charge is 0.253 e. The van der Waals surface area contributed by atoms with Crippen molar-refractivity contribution in [1.82, 2.24) is 9.88 Å². The van der Waals surface area contributed by atoms with Gasteiger partial charge in [-0.05, 0) is 62.1 Å². The molecule has 3 rings (SSSR count). The zero-order valence-electron chi connectivity index (χ0n) is 14.6. The highest BCUT2D eigenvalue weighted by molar-refractivity contribution is 5.95. The van der Waals surface area contributed by atoms with Crippen molar-refractivity contribution in [1.29, 1.82) is 0 Å². The Kier molecular flexibility index (Phi) is 5.88. The number of pyridine rings is 1. The van der Waals surface area contributed by atoms with Crippen molar-refractivity contribution < 1.29 is 14.3 Å². The lowest BCUT2D eigenvalue weighted by Gasteiger charge is -2.27. The van der Waals surface area contributed by atoms with Gasteiger partial charge >= 0.3 is 0 Å². The highest BCUT2D eigenvalue weighted by Crippen LogP contribution is 2.30. The molecule has 0 bridgehead atoms. The summed E-state index contributed by atoms with van der Waals surface area (Å²) < 4.78 is 11.6. The van der Waals surface area contributed by atoms with Gasteiger partial charge in [-0.1, -0.05) is 0 Å². The van der Waals surface area contributed by atoms with Crippen LogP contribution in [-0.4, -0.2) is 35.5 Å². The fraction of sp³-hybridized carbons (Fsp3) is 0.400. The van der Waals surface area contributed by atoms with Crippen LogP contribution < -0.4 is 9.47 Å². The molecule has 2 heterocycles. The molecule has 0 spiro atoms. The number of benzene rings is 1. The monoisotopic (exact) mass is 340 g/mol. The van der Waals surface area contributed by atoms with Gasteiger partial charge in [0.1, 0.15) is 6.61 Å². The molecule has 132 valence electrons. The maximum atomic E-state index is 12.7. The van der Waals surface area contributed by atoms with Crippen LogP contribution in [0.3, 0.4) is 0 Å². The first kappa shape index (κ1) is 17.3. The molecule has 0 saturated carbocycles. The Morgan fingerprint density at radius 3 is 2.52 bits per heavy atom. The summed E-state index contributed by atoms with van der Waals surface area (Å²) >= 11 is 0. The summed E-state index contributed by atoms with van der Waals surface area (Å²) in [5, 5.41) is 0. The molecular weight excluding hydrogens is 316 g/mol. The minimum atomic E-state index is 0.0707. The lowest BCUT2D eigenvalue weighted by molar-refractivity contribution is 0.0723. The van der Waals surface area contributed by atoms with Crippen molar-refractivity contribution in [3.05, 3.63) is 53.9 Å². The molecule has 1 aromatic heterocycles. The Labute approximate surface area is 148 Å². The second-order valence-electron chi connectivity index (χ2n) is 6.09. The highest BCUT2D eigenvalue weighted by atomic mass is 16.5. The van der Waals surface area contributed by atoms with E-state index in [0.717, 1.165) is 31.5 Å². The predicted octanol–water partition coefficient (Wildman–Crippen LogP) is 3.69. The molecule has 5 heteroatoms. The van der Waals surface area contributed by atoms with E-state index in [1.165, 1.54) is 6.42 Å². The van der Waals surface area contributed by atoms with Gasteiger partial charge in [0.15, 0.2) is 11.5 Å². The third-order valence-electron chi connectivity index (χ3n) is 4.28. The number of amides is 1. The second kappa shape index (κ2) is 8.51. The molecule has 1 amide bonds. The van der Waals surface area contributed by atoms with Crippen LogP contribution in [0.4, 0.5) is 0 Å². The molecule has 25 heavy (non-hydrogen) atoms.